The highest BCUT2D eigenvalue weighted by molar-refractivity contribution is 7.22. The van der Waals surface area contributed by atoms with Gasteiger partial charge in [0, 0.05) is 10.7 Å². The van der Waals surface area contributed by atoms with Gasteiger partial charge in [0.1, 0.15) is 5.82 Å². The third-order valence-electron chi connectivity index (χ3n) is 2.81. The van der Waals surface area contributed by atoms with Crippen molar-refractivity contribution in [3.8, 4) is 0 Å². The average Bonchev–Trinajstić information content (AvgIpc) is 2.79. The summed E-state index contributed by atoms with van der Waals surface area (Å²) in [5.74, 6) is -1.24. The Kier molecular flexibility index (Phi) is 3.48. The number of thiazole rings is 1. The Labute approximate surface area is 128 Å². The van der Waals surface area contributed by atoms with E-state index in [9.17, 15) is 9.18 Å². The molecule has 0 unspecified atom stereocenters. The summed E-state index contributed by atoms with van der Waals surface area (Å²) in [6.45, 7) is 0. The number of rotatable bonds is 2. The lowest BCUT2D eigenvalue weighted by atomic mass is 10.2. The molecule has 3 aromatic rings. The van der Waals surface area contributed by atoms with E-state index in [1.54, 1.807) is 18.2 Å². The van der Waals surface area contributed by atoms with Crippen LogP contribution >= 0.6 is 22.9 Å². The predicted molar refractivity (Wildman–Crippen MR) is 83.4 cm³/mol. The topological polar surface area (TPSA) is 68.0 Å². The van der Waals surface area contributed by atoms with E-state index in [-0.39, 0.29) is 11.3 Å². The van der Waals surface area contributed by atoms with Gasteiger partial charge in [0.2, 0.25) is 0 Å². The molecule has 0 spiro atoms. The molecule has 0 atom stereocenters. The number of nitrogens with one attached hydrogen (secondary N) is 1. The molecule has 0 fully saturated rings. The van der Waals surface area contributed by atoms with Crippen molar-refractivity contribution in [2.75, 3.05) is 11.1 Å². The van der Waals surface area contributed by atoms with Gasteiger partial charge in [-0.05, 0) is 36.4 Å². The minimum Gasteiger partial charge on any atom is -0.399 e. The van der Waals surface area contributed by atoms with Crippen molar-refractivity contribution in [3.05, 3.63) is 52.8 Å². The minimum absolute atomic E-state index is 0.0820. The molecule has 4 nitrogen and oxygen atoms in total. The Morgan fingerprint density at radius 1 is 1.29 bits per heavy atom. The zero-order valence-electron chi connectivity index (χ0n) is 10.6. The molecule has 0 saturated carbocycles. The molecule has 0 aliphatic heterocycles. The number of amides is 1. The van der Waals surface area contributed by atoms with Crippen LogP contribution in [0.15, 0.2) is 36.4 Å². The lowest BCUT2D eigenvalue weighted by Crippen LogP contribution is -2.13. The summed E-state index contributed by atoms with van der Waals surface area (Å²) in [6, 6.07) is 9.14. The Hall–Kier alpha value is -2.18. The highest BCUT2D eigenvalue weighted by Crippen LogP contribution is 2.28. The van der Waals surface area contributed by atoms with E-state index in [0.717, 1.165) is 16.3 Å². The summed E-state index contributed by atoms with van der Waals surface area (Å²) in [6.07, 6.45) is 0. The number of nitrogen functional groups attached to an aromatic ring is 1. The third-order valence-corrected chi connectivity index (χ3v) is 3.98. The van der Waals surface area contributed by atoms with E-state index in [4.69, 9.17) is 17.3 Å². The van der Waals surface area contributed by atoms with Gasteiger partial charge in [-0.3, -0.25) is 10.1 Å². The summed E-state index contributed by atoms with van der Waals surface area (Å²) >= 11 is 7.16. The van der Waals surface area contributed by atoms with E-state index < -0.39 is 11.7 Å². The molecule has 0 saturated heterocycles. The van der Waals surface area contributed by atoms with Crippen molar-refractivity contribution in [2.24, 2.45) is 0 Å². The number of halogens is 2. The standard InChI is InChI=1S/C14H9ClFN3OS/c15-7-1-4-11-12(5-7)21-14(18-11)19-13(20)9-3-2-8(17)6-10(9)16/h1-6H,17H2,(H,18,19,20). The van der Waals surface area contributed by atoms with Gasteiger partial charge in [0.15, 0.2) is 5.13 Å². The van der Waals surface area contributed by atoms with Gasteiger partial charge >= 0.3 is 0 Å². The first-order valence-electron chi connectivity index (χ1n) is 5.95. The monoisotopic (exact) mass is 321 g/mol. The number of carbonyl (C=O) groups is 1. The van der Waals surface area contributed by atoms with Crippen molar-refractivity contribution in [2.45, 2.75) is 0 Å². The van der Waals surface area contributed by atoms with Crippen LogP contribution in [0.25, 0.3) is 10.2 Å². The van der Waals surface area contributed by atoms with Crippen molar-refractivity contribution in [3.63, 3.8) is 0 Å². The molecule has 1 amide bonds. The average molecular weight is 322 g/mol. The molecule has 1 heterocycles. The van der Waals surface area contributed by atoms with Crippen molar-refractivity contribution in [1.29, 1.82) is 0 Å². The number of hydrogen-bond acceptors (Lipinski definition) is 4. The summed E-state index contributed by atoms with van der Waals surface area (Å²) < 4.78 is 14.5. The first-order chi connectivity index (χ1) is 10.0. The van der Waals surface area contributed by atoms with Crippen molar-refractivity contribution < 1.29 is 9.18 Å². The maximum Gasteiger partial charge on any atom is 0.260 e. The number of hydrogen-bond donors (Lipinski definition) is 2. The van der Waals surface area contributed by atoms with Crippen LogP contribution in [0.1, 0.15) is 10.4 Å². The van der Waals surface area contributed by atoms with Crippen LogP contribution in [0.2, 0.25) is 5.02 Å². The number of benzene rings is 2. The molecule has 0 bridgehead atoms. The fraction of sp³-hybridized carbons (Fsp3) is 0. The number of carbonyl (C=O) groups excluding carboxylic acids is 1. The van der Waals surface area contributed by atoms with Crippen LogP contribution in [-0.2, 0) is 0 Å². The maximum absolute atomic E-state index is 13.7. The van der Waals surface area contributed by atoms with Gasteiger partial charge in [0.25, 0.3) is 5.91 Å². The second-order valence-corrected chi connectivity index (χ2v) is 5.79. The Morgan fingerprint density at radius 3 is 2.86 bits per heavy atom. The number of nitrogens with two attached hydrogens (primary N) is 1. The lowest BCUT2D eigenvalue weighted by molar-refractivity contribution is 0.102. The molecule has 21 heavy (non-hydrogen) atoms. The van der Waals surface area contributed by atoms with E-state index in [1.165, 1.54) is 23.5 Å². The van der Waals surface area contributed by atoms with Gasteiger partial charge in [-0.2, -0.15) is 0 Å². The van der Waals surface area contributed by atoms with E-state index in [0.29, 0.717) is 10.2 Å². The smallest absolute Gasteiger partial charge is 0.260 e. The maximum atomic E-state index is 13.7. The molecular formula is C14H9ClFN3OS. The molecular weight excluding hydrogens is 313 g/mol. The normalized spacial score (nSPS) is 10.8. The molecule has 0 aliphatic carbocycles. The second kappa shape index (κ2) is 5.31. The quantitative estimate of drug-likeness (QED) is 0.703. The van der Waals surface area contributed by atoms with Crippen LogP contribution < -0.4 is 11.1 Å². The Morgan fingerprint density at radius 2 is 2.10 bits per heavy atom. The minimum atomic E-state index is -0.670. The number of anilines is 2. The van der Waals surface area contributed by atoms with Crippen molar-refractivity contribution >= 4 is 49.9 Å². The van der Waals surface area contributed by atoms with E-state index in [2.05, 4.69) is 10.3 Å². The summed E-state index contributed by atoms with van der Waals surface area (Å²) in [5, 5.41) is 3.55. The SMILES string of the molecule is Nc1ccc(C(=O)Nc2nc3ccc(Cl)cc3s2)c(F)c1. The van der Waals surface area contributed by atoms with Crippen molar-refractivity contribution in [1.82, 2.24) is 4.98 Å². The first-order valence-corrected chi connectivity index (χ1v) is 7.15. The molecule has 7 heteroatoms. The Bertz CT molecular complexity index is 849. The van der Waals surface area contributed by atoms with Gasteiger partial charge in [-0.1, -0.05) is 22.9 Å². The van der Waals surface area contributed by atoms with Crippen LogP contribution in [0.5, 0.6) is 0 Å². The molecule has 0 radical (unpaired) electrons. The zero-order chi connectivity index (χ0) is 15.0. The largest absolute Gasteiger partial charge is 0.399 e. The molecule has 106 valence electrons. The lowest BCUT2D eigenvalue weighted by Gasteiger charge is -2.03. The van der Waals surface area contributed by atoms with Gasteiger partial charge in [0.05, 0.1) is 15.8 Å². The van der Waals surface area contributed by atoms with Gasteiger partial charge < -0.3 is 5.73 Å². The second-order valence-electron chi connectivity index (χ2n) is 4.32. The van der Waals surface area contributed by atoms with Gasteiger partial charge in [-0.15, -0.1) is 0 Å². The molecule has 3 rings (SSSR count). The number of nitrogens with zero attached hydrogens (tertiary/aromatic N) is 1. The third kappa shape index (κ3) is 2.81. The van der Waals surface area contributed by atoms with E-state index >= 15 is 0 Å². The van der Waals surface area contributed by atoms with Crippen LogP contribution in [0.3, 0.4) is 0 Å². The highest BCUT2D eigenvalue weighted by atomic mass is 35.5. The first kappa shape index (κ1) is 13.8. The van der Waals surface area contributed by atoms with Crippen LogP contribution in [-0.4, -0.2) is 10.9 Å². The molecule has 2 aromatic carbocycles. The van der Waals surface area contributed by atoms with Gasteiger partial charge in [-0.25, -0.2) is 9.37 Å². The zero-order valence-corrected chi connectivity index (χ0v) is 12.1. The van der Waals surface area contributed by atoms with E-state index in [1.807, 2.05) is 0 Å². The highest BCUT2D eigenvalue weighted by Gasteiger charge is 2.14. The molecule has 3 N–H and O–H groups in total. The number of fused-ring (bicyclic) bond motifs is 1. The summed E-state index contributed by atoms with van der Waals surface area (Å²) in [7, 11) is 0. The number of aromatic nitrogens is 1. The molecule has 0 aliphatic rings. The summed E-state index contributed by atoms with van der Waals surface area (Å²) in [5.41, 5.74) is 6.35. The Balaban J connectivity index is 1.89. The molecule has 1 aromatic heterocycles. The summed E-state index contributed by atoms with van der Waals surface area (Å²) in [4.78, 5) is 16.3. The predicted octanol–water partition coefficient (Wildman–Crippen LogP) is 3.92. The fourth-order valence-electron chi connectivity index (χ4n) is 1.83. The van der Waals surface area contributed by atoms with Crippen LogP contribution in [0.4, 0.5) is 15.2 Å². The fourth-order valence-corrected chi connectivity index (χ4v) is 2.97. The van der Waals surface area contributed by atoms with Crippen LogP contribution in [0, 0.1) is 5.82 Å².